The van der Waals surface area contributed by atoms with E-state index in [0.717, 1.165) is 64.2 Å². The summed E-state index contributed by atoms with van der Waals surface area (Å²) in [7, 11) is 1.61. The molecule has 3 unspecified atom stereocenters. The Labute approximate surface area is 373 Å². The molecule has 3 atom stereocenters. The van der Waals surface area contributed by atoms with Gasteiger partial charge < -0.3 is 19.8 Å². The number of nitrogens with zero attached hydrogens (tertiary/aromatic N) is 1. The minimum atomic E-state index is -4.32. The largest absolute Gasteiger partial charge is 0.472 e. The van der Waals surface area contributed by atoms with E-state index < -0.39 is 20.0 Å². The Morgan fingerprint density at radius 1 is 0.567 bits per heavy atom. The highest BCUT2D eigenvalue weighted by Gasteiger charge is 2.28. The number of carbonyl (C=O) groups is 1. The van der Waals surface area contributed by atoms with Crippen molar-refractivity contribution in [2.75, 3.05) is 40.9 Å². The van der Waals surface area contributed by atoms with Crippen LogP contribution >= 0.6 is 7.82 Å². The number of amides is 1. The summed E-state index contributed by atoms with van der Waals surface area (Å²) in [6.07, 6.45) is 52.2. The van der Waals surface area contributed by atoms with E-state index in [4.69, 9.17) is 9.05 Å². The second-order valence-corrected chi connectivity index (χ2v) is 20.4. The molecule has 0 aromatic rings. The zero-order valence-corrected chi connectivity index (χ0v) is 41.4. The van der Waals surface area contributed by atoms with Crippen LogP contribution in [-0.2, 0) is 18.4 Å². The molecule has 0 rings (SSSR count). The van der Waals surface area contributed by atoms with Gasteiger partial charge >= 0.3 is 7.82 Å². The molecule has 0 spiro atoms. The Balaban J connectivity index is 4.22. The second-order valence-electron chi connectivity index (χ2n) is 18.9. The van der Waals surface area contributed by atoms with Crippen LogP contribution in [-0.4, -0.2) is 73.4 Å². The van der Waals surface area contributed by atoms with Gasteiger partial charge in [0, 0.05) is 6.42 Å². The van der Waals surface area contributed by atoms with Crippen LogP contribution in [0.1, 0.15) is 245 Å². The number of likely N-dealkylation sites (N-methyl/N-ethyl adjacent to an activating group) is 1. The number of aliphatic hydroxyl groups excluding tert-OH is 1. The maximum Gasteiger partial charge on any atom is 0.472 e. The first-order chi connectivity index (χ1) is 29.0. The van der Waals surface area contributed by atoms with Gasteiger partial charge in [-0.1, -0.05) is 218 Å². The van der Waals surface area contributed by atoms with Gasteiger partial charge in [0.05, 0.1) is 39.9 Å². The van der Waals surface area contributed by atoms with Crippen molar-refractivity contribution in [3.8, 4) is 0 Å². The molecule has 0 saturated carbocycles. The number of hydrogen-bond acceptors (Lipinski definition) is 5. The summed E-state index contributed by atoms with van der Waals surface area (Å²) in [4.78, 5) is 23.2. The first kappa shape index (κ1) is 59.0. The number of aliphatic hydroxyl groups is 1. The molecule has 8 nitrogen and oxygen atoms in total. The lowest BCUT2D eigenvalue weighted by molar-refractivity contribution is -0.870. The highest BCUT2D eigenvalue weighted by atomic mass is 31.2. The number of allylic oxidation sites excluding steroid dienone is 4. The van der Waals surface area contributed by atoms with Crippen LogP contribution in [0, 0.1) is 0 Å². The molecular formula is C51H102N2O6P+. The second kappa shape index (κ2) is 43.2. The van der Waals surface area contributed by atoms with Gasteiger partial charge in [0.1, 0.15) is 13.2 Å². The van der Waals surface area contributed by atoms with Crippen molar-refractivity contribution in [2.45, 2.75) is 257 Å². The standard InChI is InChI=1S/C51H101N2O6P/c1-6-8-10-12-14-16-18-20-22-23-24-25-26-27-28-29-31-32-34-36-38-40-42-44-50(54)49(48-59-60(56,57)58-47-46-53(3,4)5)52-51(55)45-43-41-39-37-35-33-30-21-19-17-15-13-11-9-7-2/h15,17,21,30,49-50,54H,6-14,16,18-20,22-29,31-48H2,1-5H3,(H-,52,55,56,57)/p+1/b17-15-,30-21-. The summed E-state index contributed by atoms with van der Waals surface area (Å²) in [6.45, 7) is 4.87. The molecule has 1 amide bonds. The molecule has 0 radical (unpaired) electrons. The van der Waals surface area contributed by atoms with Crippen molar-refractivity contribution in [1.82, 2.24) is 5.32 Å². The number of carbonyl (C=O) groups excluding carboxylic acids is 1. The maximum atomic E-state index is 12.9. The topological polar surface area (TPSA) is 105 Å². The van der Waals surface area contributed by atoms with Crippen molar-refractivity contribution in [3.63, 3.8) is 0 Å². The summed E-state index contributed by atoms with van der Waals surface area (Å²) < 4.78 is 23.7. The summed E-state index contributed by atoms with van der Waals surface area (Å²) in [5.74, 6) is -0.156. The van der Waals surface area contributed by atoms with Crippen LogP contribution in [0.3, 0.4) is 0 Å². The van der Waals surface area contributed by atoms with Crippen LogP contribution in [0.4, 0.5) is 0 Å². The number of nitrogens with one attached hydrogen (secondary N) is 1. The predicted octanol–water partition coefficient (Wildman–Crippen LogP) is 14.9. The van der Waals surface area contributed by atoms with E-state index >= 15 is 0 Å². The van der Waals surface area contributed by atoms with Gasteiger partial charge in [0.15, 0.2) is 0 Å². The number of phosphoric acid groups is 1. The quantitative estimate of drug-likeness (QED) is 0.0243. The van der Waals surface area contributed by atoms with Crippen molar-refractivity contribution >= 4 is 13.7 Å². The van der Waals surface area contributed by atoms with E-state index in [0.29, 0.717) is 23.9 Å². The van der Waals surface area contributed by atoms with E-state index in [2.05, 4.69) is 43.5 Å². The lowest BCUT2D eigenvalue weighted by atomic mass is 10.0. The van der Waals surface area contributed by atoms with E-state index in [9.17, 15) is 19.4 Å². The Morgan fingerprint density at radius 3 is 1.40 bits per heavy atom. The maximum absolute atomic E-state index is 12.9. The van der Waals surface area contributed by atoms with Crippen molar-refractivity contribution in [1.29, 1.82) is 0 Å². The molecule has 0 bridgehead atoms. The highest BCUT2D eigenvalue weighted by Crippen LogP contribution is 2.43. The molecule has 0 aliphatic rings. The highest BCUT2D eigenvalue weighted by molar-refractivity contribution is 7.47. The monoisotopic (exact) mass is 870 g/mol. The molecule has 0 aromatic heterocycles. The number of quaternary nitrogens is 1. The van der Waals surface area contributed by atoms with Crippen molar-refractivity contribution < 1.29 is 32.9 Å². The number of hydrogen-bond donors (Lipinski definition) is 3. The molecule has 0 saturated heterocycles. The van der Waals surface area contributed by atoms with Crippen molar-refractivity contribution in [3.05, 3.63) is 24.3 Å². The zero-order valence-electron chi connectivity index (χ0n) is 40.5. The summed E-state index contributed by atoms with van der Waals surface area (Å²) in [5, 5.41) is 14.0. The first-order valence-corrected chi connectivity index (χ1v) is 27.2. The van der Waals surface area contributed by atoms with Gasteiger partial charge in [0.2, 0.25) is 5.91 Å². The van der Waals surface area contributed by atoms with Gasteiger partial charge in [-0.05, 0) is 44.9 Å². The lowest BCUT2D eigenvalue weighted by Gasteiger charge is -2.26. The molecule has 0 aromatic carbocycles. The van der Waals surface area contributed by atoms with Crippen LogP contribution in [0.25, 0.3) is 0 Å². The molecule has 356 valence electrons. The minimum Gasteiger partial charge on any atom is -0.391 e. The molecular weight excluding hydrogens is 768 g/mol. The average Bonchev–Trinajstić information content (AvgIpc) is 3.20. The summed E-state index contributed by atoms with van der Waals surface area (Å²) in [5.41, 5.74) is 0. The van der Waals surface area contributed by atoms with Crippen LogP contribution < -0.4 is 5.32 Å². The van der Waals surface area contributed by atoms with E-state index in [-0.39, 0.29) is 19.1 Å². The van der Waals surface area contributed by atoms with Gasteiger partial charge in [-0.3, -0.25) is 13.8 Å². The van der Waals surface area contributed by atoms with Crippen LogP contribution in [0.2, 0.25) is 0 Å². The molecule has 0 heterocycles. The third-order valence-corrected chi connectivity index (χ3v) is 12.7. The predicted molar refractivity (Wildman–Crippen MR) is 258 cm³/mol. The molecule has 9 heteroatoms. The average molecular weight is 870 g/mol. The Morgan fingerprint density at radius 2 is 0.950 bits per heavy atom. The lowest BCUT2D eigenvalue weighted by Crippen LogP contribution is -2.46. The third kappa shape index (κ3) is 45.0. The van der Waals surface area contributed by atoms with E-state index in [1.807, 2.05) is 21.1 Å². The molecule has 0 aliphatic carbocycles. The molecule has 0 fully saturated rings. The fraction of sp³-hybridized carbons (Fsp3) is 0.902. The van der Waals surface area contributed by atoms with Crippen molar-refractivity contribution in [2.24, 2.45) is 0 Å². The number of phosphoric ester groups is 1. The zero-order chi connectivity index (χ0) is 44.3. The molecule has 60 heavy (non-hydrogen) atoms. The van der Waals surface area contributed by atoms with Gasteiger partial charge in [-0.25, -0.2) is 4.57 Å². The van der Waals surface area contributed by atoms with E-state index in [1.54, 1.807) is 0 Å². The van der Waals surface area contributed by atoms with Gasteiger partial charge in [-0.2, -0.15) is 0 Å². The van der Waals surface area contributed by atoms with Gasteiger partial charge in [0.25, 0.3) is 0 Å². The minimum absolute atomic E-state index is 0.0726. The van der Waals surface area contributed by atoms with Crippen LogP contribution in [0.15, 0.2) is 24.3 Å². The fourth-order valence-electron chi connectivity index (χ4n) is 7.61. The fourth-order valence-corrected chi connectivity index (χ4v) is 8.34. The van der Waals surface area contributed by atoms with Gasteiger partial charge in [-0.15, -0.1) is 0 Å². The Hall–Kier alpha value is -1.02. The normalized spacial score (nSPS) is 14.3. The van der Waals surface area contributed by atoms with Crippen LogP contribution in [0.5, 0.6) is 0 Å². The SMILES string of the molecule is CCCCC/C=C\C/C=C\CCCCCCCC(=O)NC(COP(=O)(O)OCC[N+](C)(C)C)C(O)CCCCCCCCCCCCCCCCCCCCCCCCC. The van der Waals surface area contributed by atoms with E-state index in [1.165, 1.54) is 154 Å². The summed E-state index contributed by atoms with van der Waals surface area (Å²) in [6, 6.07) is -0.766. The Bertz CT molecular complexity index is 1030. The molecule has 0 aliphatic heterocycles. The number of rotatable bonds is 47. The first-order valence-electron chi connectivity index (χ1n) is 25.7. The smallest absolute Gasteiger partial charge is 0.391 e. The molecule has 3 N–H and O–H groups in total. The summed E-state index contributed by atoms with van der Waals surface area (Å²) >= 11 is 0. The number of unbranched alkanes of at least 4 members (excludes halogenated alkanes) is 30. The third-order valence-electron chi connectivity index (χ3n) is 11.7. The Kier molecular flexibility index (Phi) is 42.5.